The van der Waals surface area contributed by atoms with Gasteiger partial charge in [-0.3, -0.25) is 0 Å². The van der Waals surface area contributed by atoms with Crippen LogP contribution in [-0.4, -0.2) is 0 Å². The monoisotopic (exact) mass is 213 g/mol. The maximum atomic E-state index is 7.27. The van der Waals surface area contributed by atoms with Crippen LogP contribution in [0.4, 0.5) is 0 Å². The van der Waals surface area contributed by atoms with E-state index in [0.29, 0.717) is 5.92 Å². The molecule has 1 aliphatic carbocycles. The molecule has 2 rings (SSSR count). The summed E-state index contributed by atoms with van der Waals surface area (Å²) < 4.78 is 0. The van der Waals surface area contributed by atoms with Crippen LogP contribution in [0.3, 0.4) is 0 Å². The zero-order valence-electron chi connectivity index (χ0n) is 10.3. The SMILES string of the molecule is [C-]#[N+]C(c1ccc(C(C)(C)C)cc1)C1CC1. The van der Waals surface area contributed by atoms with Gasteiger partial charge in [-0.1, -0.05) is 45.0 Å². The van der Waals surface area contributed by atoms with Crippen LogP contribution in [0.15, 0.2) is 24.3 Å². The molecule has 0 aliphatic heterocycles. The van der Waals surface area contributed by atoms with Crippen molar-refractivity contribution in [2.24, 2.45) is 5.92 Å². The second kappa shape index (κ2) is 3.94. The van der Waals surface area contributed by atoms with Crippen molar-refractivity contribution in [3.63, 3.8) is 0 Å². The van der Waals surface area contributed by atoms with Crippen molar-refractivity contribution >= 4 is 0 Å². The molecule has 84 valence electrons. The van der Waals surface area contributed by atoms with Gasteiger partial charge in [0, 0.05) is 11.5 Å². The summed E-state index contributed by atoms with van der Waals surface area (Å²) in [6.45, 7) is 13.9. The first-order valence-electron chi connectivity index (χ1n) is 5.99. The van der Waals surface area contributed by atoms with E-state index in [4.69, 9.17) is 6.57 Å². The average Bonchev–Trinajstić information content (AvgIpc) is 3.03. The Hall–Kier alpha value is -1.29. The molecule has 1 atom stereocenters. The number of hydrogen-bond donors (Lipinski definition) is 0. The number of nitrogens with zero attached hydrogens (tertiary/aromatic N) is 1. The molecule has 0 spiro atoms. The Kier molecular flexibility index (Phi) is 2.76. The number of hydrogen-bond acceptors (Lipinski definition) is 0. The van der Waals surface area contributed by atoms with Gasteiger partial charge in [0.1, 0.15) is 0 Å². The van der Waals surface area contributed by atoms with Gasteiger partial charge in [-0.05, 0) is 23.8 Å². The normalized spacial score (nSPS) is 17.9. The van der Waals surface area contributed by atoms with E-state index < -0.39 is 0 Å². The third-order valence-electron chi connectivity index (χ3n) is 3.33. The first kappa shape index (κ1) is 11.2. The summed E-state index contributed by atoms with van der Waals surface area (Å²) in [6, 6.07) is 8.74. The molecule has 0 N–H and O–H groups in total. The summed E-state index contributed by atoms with van der Waals surface area (Å²) in [5.41, 5.74) is 2.74. The van der Waals surface area contributed by atoms with Crippen molar-refractivity contribution in [1.82, 2.24) is 0 Å². The molecule has 0 saturated heterocycles. The highest BCUT2D eigenvalue weighted by Crippen LogP contribution is 2.43. The van der Waals surface area contributed by atoms with Crippen molar-refractivity contribution < 1.29 is 0 Å². The molecule has 1 saturated carbocycles. The van der Waals surface area contributed by atoms with Gasteiger partial charge in [0.25, 0.3) is 6.04 Å². The van der Waals surface area contributed by atoms with Gasteiger partial charge in [0.05, 0.1) is 0 Å². The minimum atomic E-state index is 0.106. The molecule has 0 aromatic heterocycles. The maximum absolute atomic E-state index is 7.27. The zero-order chi connectivity index (χ0) is 11.8. The average molecular weight is 213 g/mol. The third-order valence-corrected chi connectivity index (χ3v) is 3.33. The van der Waals surface area contributed by atoms with Crippen molar-refractivity contribution in [2.75, 3.05) is 0 Å². The standard InChI is InChI=1S/C15H19N/c1-15(2,3)13-9-7-12(8-10-13)14(16-4)11-5-6-11/h7-11,14H,5-6H2,1-3H3. The molecule has 1 aliphatic rings. The fourth-order valence-corrected chi connectivity index (χ4v) is 2.04. The Bertz CT molecular complexity index is 399. The van der Waals surface area contributed by atoms with E-state index in [2.05, 4.69) is 49.9 Å². The minimum absolute atomic E-state index is 0.106. The molecule has 1 aromatic rings. The molecular weight excluding hydrogens is 194 g/mol. The highest BCUT2D eigenvalue weighted by Gasteiger charge is 2.37. The summed E-state index contributed by atoms with van der Waals surface area (Å²) in [4.78, 5) is 3.76. The minimum Gasteiger partial charge on any atom is -0.308 e. The molecule has 0 bridgehead atoms. The van der Waals surface area contributed by atoms with E-state index in [0.717, 1.165) is 0 Å². The third kappa shape index (κ3) is 2.27. The van der Waals surface area contributed by atoms with Gasteiger partial charge in [-0.2, -0.15) is 0 Å². The Morgan fingerprint density at radius 3 is 2.12 bits per heavy atom. The molecule has 1 unspecified atom stereocenters. The molecule has 0 heterocycles. The predicted molar refractivity (Wildman–Crippen MR) is 67.2 cm³/mol. The van der Waals surface area contributed by atoms with Crippen molar-refractivity contribution in [3.8, 4) is 0 Å². The van der Waals surface area contributed by atoms with E-state index >= 15 is 0 Å². The van der Waals surface area contributed by atoms with Crippen LogP contribution < -0.4 is 0 Å². The summed E-state index contributed by atoms with van der Waals surface area (Å²) >= 11 is 0. The second-order valence-corrected chi connectivity index (χ2v) is 5.78. The first-order chi connectivity index (χ1) is 7.52. The van der Waals surface area contributed by atoms with Crippen LogP contribution in [0.5, 0.6) is 0 Å². The van der Waals surface area contributed by atoms with Gasteiger partial charge < -0.3 is 4.85 Å². The molecule has 16 heavy (non-hydrogen) atoms. The molecule has 0 amide bonds. The first-order valence-corrected chi connectivity index (χ1v) is 5.99. The fraction of sp³-hybridized carbons (Fsp3) is 0.533. The van der Waals surface area contributed by atoms with Crippen LogP contribution in [0.1, 0.15) is 50.8 Å². The van der Waals surface area contributed by atoms with Gasteiger partial charge in [0.2, 0.25) is 0 Å². The Balaban J connectivity index is 2.22. The van der Waals surface area contributed by atoms with E-state index in [1.165, 1.54) is 24.0 Å². The maximum Gasteiger partial charge on any atom is 0.251 e. The van der Waals surface area contributed by atoms with E-state index in [1.807, 2.05) is 0 Å². The molecule has 1 aromatic carbocycles. The lowest BCUT2D eigenvalue weighted by molar-refractivity contribution is 0.589. The lowest BCUT2D eigenvalue weighted by atomic mass is 9.86. The number of benzene rings is 1. The van der Waals surface area contributed by atoms with Crippen LogP contribution in [0.25, 0.3) is 4.85 Å². The summed E-state index contributed by atoms with van der Waals surface area (Å²) in [5.74, 6) is 0.623. The summed E-state index contributed by atoms with van der Waals surface area (Å²) in [6.07, 6.45) is 2.46. The molecule has 0 radical (unpaired) electrons. The van der Waals surface area contributed by atoms with Crippen molar-refractivity contribution in [1.29, 1.82) is 0 Å². The molecule has 1 nitrogen and oxygen atoms in total. The second-order valence-electron chi connectivity index (χ2n) is 5.78. The van der Waals surface area contributed by atoms with Gasteiger partial charge in [-0.25, -0.2) is 6.57 Å². The molecule has 1 fully saturated rings. The quantitative estimate of drug-likeness (QED) is 0.643. The Labute approximate surface area is 98.3 Å². The van der Waals surface area contributed by atoms with Crippen molar-refractivity contribution in [3.05, 3.63) is 46.8 Å². The predicted octanol–water partition coefficient (Wildman–Crippen LogP) is 4.35. The largest absolute Gasteiger partial charge is 0.308 e. The van der Waals surface area contributed by atoms with Crippen LogP contribution in [0, 0.1) is 12.5 Å². The molecular formula is C15H19N. The molecule has 1 heteroatoms. The van der Waals surface area contributed by atoms with Crippen LogP contribution in [-0.2, 0) is 5.41 Å². The topological polar surface area (TPSA) is 4.36 Å². The smallest absolute Gasteiger partial charge is 0.251 e. The fourth-order valence-electron chi connectivity index (χ4n) is 2.04. The van der Waals surface area contributed by atoms with Crippen molar-refractivity contribution in [2.45, 2.75) is 45.1 Å². The Morgan fingerprint density at radius 2 is 1.75 bits per heavy atom. The zero-order valence-corrected chi connectivity index (χ0v) is 10.3. The lowest BCUT2D eigenvalue weighted by Crippen LogP contribution is -2.11. The lowest BCUT2D eigenvalue weighted by Gasteiger charge is -2.19. The van der Waals surface area contributed by atoms with Gasteiger partial charge >= 0.3 is 0 Å². The highest BCUT2D eigenvalue weighted by atomic mass is 14.7. The van der Waals surface area contributed by atoms with Crippen LogP contribution in [0.2, 0.25) is 0 Å². The summed E-state index contributed by atoms with van der Waals surface area (Å²) in [7, 11) is 0. The van der Waals surface area contributed by atoms with E-state index in [-0.39, 0.29) is 11.5 Å². The van der Waals surface area contributed by atoms with Crippen LogP contribution >= 0.6 is 0 Å². The Morgan fingerprint density at radius 1 is 1.19 bits per heavy atom. The van der Waals surface area contributed by atoms with E-state index in [9.17, 15) is 0 Å². The van der Waals surface area contributed by atoms with Gasteiger partial charge in [0.15, 0.2) is 0 Å². The van der Waals surface area contributed by atoms with Gasteiger partial charge in [-0.15, -0.1) is 0 Å². The number of rotatable bonds is 2. The van der Waals surface area contributed by atoms with E-state index in [1.54, 1.807) is 0 Å². The summed E-state index contributed by atoms with van der Waals surface area (Å²) in [5, 5.41) is 0. The highest BCUT2D eigenvalue weighted by molar-refractivity contribution is 5.31.